The molecule has 2 aromatic heterocycles. The highest BCUT2D eigenvalue weighted by molar-refractivity contribution is 5.39. The Balaban J connectivity index is 2.63. The van der Waals surface area contributed by atoms with E-state index >= 15 is 0 Å². The Labute approximate surface area is 74.4 Å². The molecule has 5 nitrogen and oxygen atoms in total. The monoisotopic (exact) mass is 178 g/mol. The van der Waals surface area contributed by atoms with Gasteiger partial charge in [-0.25, -0.2) is 9.50 Å². The van der Waals surface area contributed by atoms with Crippen molar-refractivity contribution in [3.63, 3.8) is 0 Å². The van der Waals surface area contributed by atoms with E-state index < -0.39 is 0 Å². The molecule has 0 spiro atoms. The summed E-state index contributed by atoms with van der Waals surface area (Å²) >= 11 is 0. The van der Waals surface area contributed by atoms with Crippen LogP contribution in [0.4, 0.5) is 0 Å². The fourth-order valence-corrected chi connectivity index (χ4v) is 1.23. The van der Waals surface area contributed by atoms with Gasteiger partial charge in [-0.3, -0.25) is 4.79 Å². The van der Waals surface area contributed by atoms with Gasteiger partial charge in [-0.2, -0.15) is 5.10 Å². The summed E-state index contributed by atoms with van der Waals surface area (Å²) < 4.78 is 1.50. The summed E-state index contributed by atoms with van der Waals surface area (Å²) in [7, 11) is 0. The molecule has 0 bridgehead atoms. The number of nitrogens with zero attached hydrogens (tertiary/aromatic N) is 3. The van der Waals surface area contributed by atoms with Gasteiger partial charge in [0.25, 0.3) is 5.56 Å². The van der Waals surface area contributed by atoms with Gasteiger partial charge in [0, 0.05) is 6.42 Å². The highest BCUT2D eigenvalue weighted by Crippen LogP contribution is 1.95. The second-order valence-electron chi connectivity index (χ2n) is 2.87. The lowest BCUT2D eigenvalue weighted by atomic mass is 10.3. The minimum absolute atomic E-state index is 0.129. The van der Waals surface area contributed by atoms with Crippen LogP contribution in [-0.4, -0.2) is 19.6 Å². The molecule has 0 saturated heterocycles. The first-order chi connectivity index (χ1) is 6.31. The molecule has 0 radical (unpaired) electrons. The molecule has 0 aliphatic carbocycles. The standard InChI is InChI=1S/C8H10N4O/c1-2-3-7-10-8(13)6-4-9-5-12(6)11-7/h4-5H,2-3H2,1H3,(H,10,11,13). The number of aromatic amines is 1. The molecule has 68 valence electrons. The van der Waals surface area contributed by atoms with Crippen LogP contribution in [0.15, 0.2) is 17.3 Å². The maximum atomic E-state index is 11.4. The van der Waals surface area contributed by atoms with Gasteiger partial charge in [0.05, 0.1) is 6.20 Å². The predicted octanol–water partition coefficient (Wildman–Crippen LogP) is 0.370. The van der Waals surface area contributed by atoms with Gasteiger partial charge in [0.1, 0.15) is 17.7 Å². The van der Waals surface area contributed by atoms with E-state index in [2.05, 4.69) is 15.1 Å². The number of nitrogens with one attached hydrogen (secondary N) is 1. The first kappa shape index (κ1) is 7.97. The smallest absolute Gasteiger partial charge is 0.276 e. The van der Waals surface area contributed by atoms with Gasteiger partial charge in [-0.15, -0.1) is 0 Å². The van der Waals surface area contributed by atoms with E-state index in [9.17, 15) is 4.79 Å². The summed E-state index contributed by atoms with van der Waals surface area (Å²) in [6, 6.07) is 0. The van der Waals surface area contributed by atoms with Crippen molar-refractivity contribution in [1.29, 1.82) is 0 Å². The van der Waals surface area contributed by atoms with Crippen LogP contribution in [0.3, 0.4) is 0 Å². The third-order valence-corrected chi connectivity index (χ3v) is 1.83. The van der Waals surface area contributed by atoms with E-state index in [0.717, 1.165) is 12.8 Å². The van der Waals surface area contributed by atoms with Gasteiger partial charge < -0.3 is 4.98 Å². The summed E-state index contributed by atoms with van der Waals surface area (Å²) in [6.07, 6.45) is 4.78. The molecule has 13 heavy (non-hydrogen) atoms. The van der Waals surface area contributed by atoms with E-state index in [0.29, 0.717) is 11.3 Å². The SMILES string of the molecule is CCCc1nn2cncc2c(=O)[nH]1. The summed E-state index contributed by atoms with van der Waals surface area (Å²) in [5, 5.41) is 4.18. The Morgan fingerprint density at radius 2 is 2.46 bits per heavy atom. The number of rotatable bonds is 2. The zero-order valence-corrected chi connectivity index (χ0v) is 7.32. The number of H-pyrrole nitrogens is 1. The van der Waals surface area contributed by atoms with Crippen molar-refractivity contribution in [3.8, 4) is 0 Å². The van der Waals surface area contributed by atoms with Crippen LogP contribution in [-0.2, 0) is 6.42 Å². The van der Waals surface area contributed by atoms with Crippen LogP contribution < -0.4 is 5.56 Å². The minimum Gasteiger partial charge on any atom is -0.307 e. The number of hydrogen-bond donors (Lipinski definition) is 1. The molecular weight excluding hydrogens is 168 g/mol. The molecule has 0 atom stereocenters. The Hall–Kier alpha value is -1.65. The van der Waals surface area contributed by atoms with Crippen LogP contribution in [0.2, 0.25) is 0 Å². The van der Waals surface area contributed by atoms with Crippen LogP contribution in [0.5, 0.6) is 0 Å². The number of aryl methyl sites for hydroxylation is 1. The Morgan fingerprint density at radius 3 is 3.23 bits per heavy atom. The second-order valence-corrected chi connectivity index (χ2v) is 2.87. The van der Waals surface area contributed by atoms with Crippen LogP contribution in [0, 0.1) is 0 Å². The minimum atomic E-state index is -0.129. The highest BCUT2D eigenvalue weighted by Gasteiger charge is 2.01. The van der Waals surface area contributed by atoms with E-state index in [1.807, 2.05) is 6.92 Å². The van der Waals surface area contributed by atoms with Crippen molar-refractivity contribution in [1.82, 2.24) is 19.6 Å². The summed E-state index contributed by atoms with van der Waals surface area (Å²) in [4.78, 5) is 17.9. The van der Waals surface area contributed by atoms with Crippen molar-refractivity contribution in [3.05, 3.63) is 28.7 Å². The summed E-state index contributed by atoms with van der Waals surface area (Å²) in [5.74, 6) is 0.706. The molecule has 0 aliphatic rings. The van der Waals surface area contributed by atoms with Gasteiger partial charge in [0.15, 0.2) is 0 Å². The van der Waals surface area contributed by atoms with Gasteiger partial charge >= 0.3 is 0 Å². The van der Waals surface area contributed by atoms with E-state index in [4.69, 9.17) is 0 Å². The Morgan fingerprint density at radius 1 is 1.62 bits per heavy atom. The Kier molecular flexibility index (Phi) is 1.84. The molecule has 2 rings (SSSR count). The molecule has 0 amide bonds. The molecule has 0 aromatic carbocycles. The lowest BCUT2D eigenvalue weighted by molar-refractivity contribution is 0.754. The lowest BCUT2D eigenvalue weighted by Gasteiger charge is -1.97. The molecule has 2 aromatic rings. The largest absolute Gasteiger partial charge is 0.307 e. The first-order valence-corrected chi connectivity index (χ1v) is 4.23. The molecular formula is C8H10N4O. The molecule has 2 heterocycles. The van der Waals surface area contributed by atoms with Gasteiger partial charge in [-0.05, 0) is 6.42 Å². The number of fused-ring (bicyclic) bond motifs is 1. The maximum Gasteiger partial charge on any atom is 0.276 e. The molecule has 0 fully saturated rings. The number of hydrogen-bond acceptors (Lipinski definition) is 3. The van der Waals surface area contributed by atoms with Crippen LogP contribution >= 0.6 is 0 Å². The van der Waals surface area contributed by atoms with Crippen molar-refractivity contribution in [2.24, 2.45) is 0 Å². The normalized spacial score (nSPS) is 10.8. The van der Waals surface area contributed by atoms with Gasteiger partial charge in [0.2, 0.25) is 0 Å². The molecule has 0 saturated carbocycles. The van der Waals surface area contributed by atoms with E-state index in [1.54, 1.807) is 0 Å². The summed E-state index contributed by atoms with van der Waals surface area (Å²) in [6.45, 7) is 2.04. The first-order valence-electron chi connectivity index (χ1n) is 4.23. The summed E-state index contributed by atoms with van der Waals surface area (Å²) in [5.41, 5.74) is 0.357. The lowest BCUT2D eigenvalue weighted by Crippen LogP contribution is -2.15. The topological polar surface area (TPSA) is 63.1 Å². The van der Waals surface area contributed by atoms with Crippen molar-refractivity contribution < 1.29 is 0 Å². The second kappa shape index (κ2) is 3.01. The van der Waals surface area contributed by atoms with Crippen LogP contribution in [0.1, 0.15) is 19.2 Å². The molecule has 0 aliphatic heterocycles. The van der Waals surface area contributed by atoms with Gasteiger partial charge in [-0.1, -0.05) is 6.92 Å². The van der Waals surface area contributed by atoms with E-state index in [1.165, 1.54) is 17.0 Å². The van der Waals surface area contributed by atoms with E-state index in [-0.39, 0.29) is 5.56 Å². The van der Waals surface area contributed by atoms with Crippen LogP contribution in [0.25, 0.3) is 5.52 Å². The maximum absolute atomic E-state index is 11.4. The number of imidazole rings is 1. The third kappa shape index (κ3) is 1.32. The molecule has 5 heteroatoms. The average Bonchev–Trinajstić information content (AvgIpc) is 2.53. The fourth-order valence-electron chi connectivity index (χ4n) is 1.23. The van der Waals surface area contributed by atoms with Crippen molar-refractivity contribution >= 4 is 5.52 Å². The zero-order valence-electron chi connectivity index (χ0n) is 7.32. The molecule has 0 unspecified atom stereocenters. The Bertz CT molecular complexity index is 470. The third-order valence-electron chi connectivity index (χ3n) is 1.83. The zero-order chi connectivity index (χ0) is 9.26. The highest BCUT2D eigenvalue weighted by atomic mass is 16.1. The molecule has 1 N–H and O–H groups in total. The van der Waals surface area contributed by atoms with Crippen molar-refractivity contribution in [2.45, 2.75) is 19.8 Å². The number of aromatic nitrogens is 4. The predicted molar refractivity (Wildman–Crippen MR) is 47.6 cm³/mol. The quantitative estimate of drug-likeness (QED) is 0.722. The fraction of sp³-hybridized carbons (Fsp3) is 0.375. The average molecular weight is 178 g/mol. The van der Waals surface area contributed by atoms with Crippen molar-refractivity contribution in [2.75, 3.05) is 0 Å².